The maximum atomic E-state index is 11.3. The summed E-state index contributed by atoms with van der Waals surface area (Å²) in [7, 11) is 0. The first-order chi connectivity index (χ1) is 12.3. The first-order valence-corrected chi connectivity index (χ1v) is 14.7. The minimum absolute atomic E-state index is 0.149. The van der Waals surface area contributed by atoms with Crippen molar-refractivity contribution < 1.29 is 19.8 Å². The van der Waals surface area contributed by atoms with Crippen molar-refractivity contribution in [2.45, 2.75) is 106 Å². The number of carbonyl (C=O) groups excluding carboxylic acids is 2. The molecule has 1 atom stereocenters. The van der Waals surface area contributed by atoms with Gasteiger partial charge in [-0.15, -0.1) is 0 Å². The van der Waals surface area contributed by atoms with E-state index in [-0.39, 0.29) is 34.0 Å². The van der Waals surface area contributed by atoms with Crippen LogP contribution in [0.1, 0.15) is 91.9 Å². The van der Waals surface area contributed by atoms with Gasteiger partial charge in [0.15, 0.2) is 0 Å². The molecule has 1 unspecified atom stereocenters. The first-order valence-electron chi connectivity index (χ1n) is 10.1. The number of carboxylic acids is 2. The number of rotatable bonds is 15. The molecule has 0 saturated heterocycles. The van der Waals surface area contributed by atoms with Gasteiger partial charge in [0, 0.05) is 11.4 Å². The van der Waals surface area contributed by atoms with Crippen molar-refractivity contribution >= 4 is 45.7 Å². The molecule has 0 heterocycles. The molecular formula is C20H38O4SSn. The number of hydrogen-bond acceptors (Lipinski definition) is 5. The molecule has 0 aromatic carbocycles. The van der Waals surface area contributed by atoms with Crippen LogP contribution in [0.5, 0.6) is 0 Å². The molecule has 0 aliphatic heterocycles. The number of hydrogen-bond donors (Lipinski definition) is 1. The van der Waals surface area contributed by atoms with Crippen molar-refractivity contribution in [3.05, 3.63) is 0 Å². The van der Waals surface area contributed by atoms with E-state index >= 15 is 0 Å². The van der Waals surface area contributed by atoms with Gasteiger partial charge in [0.25, 0.3) is 0 Å². The summed E-state index contributed by atoms with van der Waals surface area (Å²) >= 11 is 4.06. The molecule has 26 heavy (non-hydrogen) atoms. The van der Waals surface area contributed by atoms with Crippen LogP contribution < -0.4 is 10.2 Å². The third-order valence-corrected chi connectivity index (χ3v) is 9.26. The van der Waals surface area contributed by atoms with Crippen molar-refractivity contribution in [1.82, 2.24) is 0 Å². The molecule has 0 aromatic rings. The summed E-state index contributed by atoms with van der Waals surface area (Å²) in [5, 5.41) is 20.9. The van der Waals surface area contributed by atoms with E-state index < -0.39 is 22.6 Å². The van der Waals surface area contributed by atoms with Gasteiger partial charge in [-0.25, -0.2) is 0 Å². The van der Waals surface area contributed by atoms with E-state index in [0.717, 1.165) is 12.8 Å². The van der Waals surface area contributed by atoms with Gasteiger partial charge < -0.3 is 19.8 Å². The van der Waals surface area contributed by atoms with Gasteiger partial charge in [-0.05, 0) is 12.8 Å². The summed E-state index contributed by atoms with van der Waals surface area (Å²) in [6, 6.07) is 0. The van der Waals surface area contributed by atoms with Crippen molar-refractivity contribution in [3.63, 3.8) is 0 Å². The third-order valence-electron chi connectivity index (χ3n) is 4.52. The molecule has 0 spiro atoms. The van der Waals surface area contributed by atoms with Gasteiger partial charge >= 0.3 is 69.5 Å². The fourth-order valence-corrected chi connectivity index (χ4v) is 7.18. The molecule has 0 amide bonds. The normalized spacial score (nSPS) is 11.9. The second kappa shape index (κ2) is 18.5. The third kappa shape index (κ3) is 12.5. The fourth-order valence-electron chi connectivity index (χ4n) is 2.65. The van der Waals surface area contributed by atoms with Gasteiger partial charge in [-0.2, -0.15) is 12.6 Å². The minimum atomic E-state index is -1.44. The SMILES string of the molecule is CCCCC(CCCC)(C(=O)[O-])C(S)C(=O)[O-].CCC[CH2][Sn+2][CH2]CCC. The molecule has 0 radical (unpaired) electrons. The Morgan fingerprint density at radius 1 is 0.846 bits per heavy atom. The predicted molar refractivity (Wildman–Crippen MR) is 109 cm³/mol. The van der Waals surface area contributed by atoms with E-state index in [1.165, 1.54) is 25.7 Å². The quantitative estimate of drug-likeness (QED) is 0.216. The fraction of sp³-hybridized carbons (Fsp3) is 0.900. The molecule has 0 fully saturated rings. The van der Waals surface area contributed by atoms with Crippen LogP contribution in [0.25, 0.3) is 0 Å². The molecule has 0 aliphatic carbocycles. The van der Waals surface area contributed by atoms with Gasteiger partial charge in [-0.3, -0.25) is 0 Å². The molecule has 0 rings (SSSR count). The van der Waals surface area contributed by atoms with Gasteiger partial charge in [0.1, 0.15) is 0 Å². The molecule has 0 bridgehead atoms. The molecule has 4 nitrogen and oxygen atoms in total. The van der Waals surface area contributed by atoms with Crippen molar-refractivity contribution in [1.29, 1.82) is 0 Å². The Bertz CT molecular complexity index is 350. The van der Waals surface area contributed by atoms with Crippen molar-refractivity contribution in [2.24, 2.45) is 5.41 Å². The van der Waals surface area contributed by atoms with Crippen LogP contribution in [-0.4, -0.2) is 38.3 Å². The molecule has 152 valence electrons. The zero-order valence-corrected chi connectivity index (χ0v) is 20.9. The van der Waals surface area contributed by atoms with Crippen molar-refractivity contribution in [3.8, 4) is 0 Å². The van der Waals surface area contributed by atoms with E-state index in [1.807, 2.05) is 13.8 Å². The molecule has 0 aliphatic rings. The molecule has 0 aromatic heterocycles. The van der Waals surface area contributed by atoms with Crippen LogP contribution >= 0.6 is 12.6 Å². The van der Waals surface area contributed by atoms with Crippen LogP contribution in [-0.2, 0) is 9.59 Å². The summed E-state index contributed by atoms with van der Waals surface area (Å²) in [4.78, 5) is 22.2. The number of thiol groups is 1. The Morgan fingerprint density at radius 3 is 1.50 bits per heavy atom. The number of aliphatic carboxylic acids is 2. The Morgan fingerprint density at radius 2 is 1.23 bits per heavy atom. The Balaban J connectivity index is 0. The van der Waals surface area contributed by atoms with E-state index in [9.17, 15) is 19.8 Å². The van der Waals surface area contributed by atoms with Gasteiger partial charge in [0.05, 0.1) is 11.2 Å². The summed E-state index contributed by atoms with van der Waals surface area (Å²) in [5.41, 5.74) is -1.41. The van der Waals surface area contributed by atoms with E-state index in [4.69, 9.17) is 0 Å². The zero-order valence-electron chi connectivity index (χ0n) is 17.1. The summed E-state index contributed by atoms with van der Waals surface area (Å²) in [6.45, 7) is 8.43. The van der Waals surface area contributed by atoms with Crippen LogP contribution in [0.3, 0.4) is 0 Å². The average Bonchev–Trinajstić information content (AvgIpc) is 2.62. The first kappa shape index (κ1) is 28.3. The summed E-state index contributed by atoms with van der Waals surface area (Å²) in [5.74, 6) is -2.77. The molecule has 0 N–H and O–H groups in total. The number of carbonyl (C=O) groups is 2. The topological polar surface area (TPSA) is 80.3 Å². The Hall–Kier alpha value is 0.0887. The summed E-state index contributed by atoms with van der Waals surface area (Å²) in [6.07, 6.45) is 9.26. The molecule has 0 saturated carbocycles. The summed E-state index contributed by atoms with van der Waals surface area (Å²) < 4.78 is 3.25. The monoisotopic (exact) mass is 494 g/mol. The molecular weight excluding hydrogens is 455 g/mol. The number of carboxylic acid groups (broad SMARTS) is 2. The van der Waals surface area contributed by atoms with E-state index in [2.05, 4.69) is 26.5 Å². The number of unbranched alkanes of at least 4 members (excludes halogenated alkanes) is 4. The van der Waals surface area contributed by atoms with Crippen LogP contribution in [0.2, 0.25) is 8.87 Å². The maximum absolute atomic E-state index is 11.3. The van der Waals surface area contributed by atoms with Crippen LogP contribution in [0.4, 0.5) is 0 Å². The van der Waals surface area contributed by atoms with Crippen LogP contribution in [0.15, 0.2) is 0 Å². The Kier molecular flexibility index (Phi) is 20.1. The van der Waals surface area contributed by atoms with Gasteiger partial charge in [0.2, 0.25) is 0 Å². The Labute approximate surface area is 176 Å². The second-order valence-corrected chi connectivity index (χ2v) is 11.6. The predicted octanol–water partition coefficient (Wildman–Crippen LogP) is 3.28. The van der Waals surface area contributed by atoms with Crippen molar-refractivity contribution in [2.75, 3.05) is 0 Å². The second-order valence-electron chi connectivity index (χ2n) is 6.83. The van der Waals surface area contributed by atoms with E-state index in [1.54, 1.807) is 8.87 Å². The average molecular weight is 493 g/mol. The van der Waals surface area contributed by atoms with Gasteiger partial charge in [-0.1, -0.05) is 39.5 Å². The standard InChI is InChI=1S/C12H22O4S.2C4H9.Sn/c1-3-5-7-12(11(15)16,8-6-4-2)9(17)10(13)14;2*1-3-4-2;/h9,17H,3-8H2,1-2H3,(H,13,14)(H,15,16);2*1,3-4H2,2H3;/q;;;+2/p-2. The molecule has 6 heteroatoms. The van der Waals surface area contributed by atoms with E-state index in [0.29, 0.717) is 12.8 Å². The van der Waals surface area contributed by atoms with Crippen LogP contribution in [0, 0.1) is 5.41 Å². The zero-order chi connectivity index (χ0) is 20.4.